The number of hydrogen-bond donors (Lipinski definition) is 0. The van der Waals surface area contributed by atoms with Gasteiger partial charge in [-0.25, -0.2) is 9.13 Å². The molecule has 0 amide bonds. The molecule has 1 heterocycles. The summed E-state index contributed by atoms with van der Waals surface area (Å²) in [4.78, 5) is 0. The second-order valence-electron chi connectivity index (χ2n) is 3.45. The van der Waals surface area contributed by atoms with E-state index >= 15 is 0 Å². The third-order valence-corrected chi connectivity index (χ3v) is 2.15. The van der Waals surface area contributed by atoms with Gasteiger partial charge in [-0.1, -0.05) is 0 Å². The van der Waals surface area contributed by atoms with Gasteiger partial charge in [-0.05, 0) is 12.8 Å². The van der Waals surface area contributed by atoms with E-state index in [1.165, 1.54) is 0 Å². The summed E-state index contributed by atoms with van der Waals surface area (Å²) in [7, 11) is 0. The van der Waals surface area contributed by atoms with E-state index < -0.39 is 31.3 Å². The first-order valence-corrected chi connectivity index (χ1v) is 4.77. The highest BCUT2D eigenvalue weighted by atomic mass is 19.4. The Labute approximate surface area is 96.8 Å². The largest absolute Gasteiger partial charge is 0.478 e. The average Bonchev–Trinajstić information content (AvgIpc) is 2.68. The molecule has 0 spiro atoms. The minimum absolute atomic E-state index is 0.112. The first-order valence-electron chi connectivity index (χ1n) is 4.77. The Morgan fingerprint density at radius 2 is 1.72 bits per heavy atom. The van der Waals surface area contributed by atoms with E-state index in [-0.39, 0.29) is 19.4 Å². The van der Waals surface area contributed by atoms with E-state index in [1.54, 1.807) is 0 Å². The summed E-state index contributed by atoms with van der Waals surface area (Å²) in [6.07, 6.45) is -12.7. The van der Waals surface area contributed by atoms with E-state index in [9.17, 15) is 30.7 Å². The van der Waals surface area contributed by atoms with Crippen molar-refractivity contribution in [3.8, 4) is 0 Å². The minimum Gasteiger partial charge on any atom is -0.369 e. The lowest BCUT2D eigenvalue weighted by molar-refractivity contribution is -0.505. The topological polar surface area (TPSA) is 27.7 Å². The summed E-state index contributed by atoms with van der Waals surface area (Å²) >= 11 is 0. The Balaban J connectivity index is 2.82. The predicted molar refractivity (Wildman–Crippen MR) is 42.0 cm³/mol. The summed E-state index contributed by atoms with van der Waals surface area (Å²) < 4.78 is 97.9. The number of hydrogen-bond acceptors (Lipinski definition) is 3. The SMILES string of the molecule is FCOC(F)(OC(F)(F)C1CCCO1)C(F)(F)F. The lowest BCUT2D eigenvalue weighted by Gasteiger charge is -2.31. The first-order chi connectivity index (χ1) is 8.12. The quantitative estimate of drug-likeness (QED) is 0.574. The van der Waals surface area contributed by atoms with E-state index in [0.717, 1.165) is 0 Å². The number of alkyl halides is 7. The van der Waals surface area contributed by atoms with Crippen molar-refractivity contribution >= 4 is 0 Å². The Kier molecular flexibility index (Phi) is 4.44. The molecule has 3 nitrogen and oxygen atoms in total. The van der Waals surface area contributed by atoms with Crippen LogP contribution in [0.3, 0.4) is 0 Å². The van der Waals surface area contributed by atoms with Crippen molar-refractivity contribution in [1.29, 1.82) is 0 Å². The maximum Gasteiger partial charge on any atom is 0.478 e. The van der Waals surface area contributed by atoms with Gasteiger partial charge in [0.2, 0.25) is 0 Å². The molecule has 1 aliphatic heterocycles. The third kappa shape index (κ3) is 3.23. The average molecular weight is 286 g/mol. The van der Waals surface area contributed by atoms with Gasteiger partial charge in [-0.15, -0.1) is 0 Å². The van der Waals surface area contributed by atoms with E-state index in [2.05, 4.69) is 14.2 Å². The molecule has 0 aromatic heterocycles. The van der Waals surface area contributed by atoms with Crippen LogP contribution in [0.15, 0.2) is 0 Å². The van der Waals surface area contributed by atoms with Crippen LogP contribution in [0.4, 0.5) is 30.7 Å². The molecule has 2 atom stereocenters. The predicted octanol–water partition coefficient (Wildman–Crippen LogP) is 2.90. The molecule has 1 rings (SSSR count). The van der Waals surface area contributed by atoms with Crippen LogP contribution in [0.5, 0.6) is 0 Å². The molecule has 0 radical (unpaired) electrons. The number of rotatable bonds is 5. The van der Waals surface area contributed by atoms with Gasteiger partial charge in [0, 0.05) is 6.61 Å². The lowest BCUT2D eigenvalue weighted by Crippen LogP contribution is -2.53. The normalized spacial score (nSPS) is 25.2. The van der Waals surface area contributed by atoms with Gasteiger partial charge >= 0.3 is 18.3 Å². The fourth-order valence-electron chi connectivity index (χ4n) is 1.32. The summed E-state index contributed by atoms with van der Waals surface area (Å²) in [5.74, 6) is 0. The summed E-state index contributed by atoms with van der Waals surface area (Å²) in [5.41, 5.74) is 0. The molecule has 1 saturated heterocycles. The Hall–Kier alpha value is -0.610. The zero-order valence-corrected chi connectivity index (χ0v) is 8.78. The maximum absolute atomic E-state index is 13.2. The van der Waals surface area contributed by atoms with Crippen molar-refractivity contribution in [2.75, 3.05) is 13.5 Å². The second-order valence-corrected chi connectivity index (χ2v) is 3.45. The van der Waals surface area contributed by atoms with Gasteiger partial charge in [0.05, 0.1) is 0 Å². The van der Waals surface area contributed by atoms with Gasteiger partial charge in [0.15, 0.2) is 6.86 Å². The Bertz CT molecular complexity index is 276. The Morgan fingerprint density at radius 3 is 2.11 bits per heavy atom. The third-order valence-electron chi connectivity index (χ3n) is 2.15. The molecule has 0 aliphatic carbocycles. The van der Waals surface area contributed by atoms with Crippen molar-refractivity contribution in [3.63, 3.8) is 0 Å². The fraction of sp³-hybridized carbons (Fsp3) is 1.00. The van der Waals surface area contributed by atoms with Crippen molar-refractivity contribution in [2.24, 2.45) is 0 Å². The van der Waals surface area contributed by atoms with Crippen molar-refractivity contribution in [1.82, 2.24) is 0 Å². The van der Waals surface area contributed by atoms with Crippen LogP contribution in [-0.2, 0) is 14.2 Å². The van der Waals surface area contributed by atoms with Crippen molar-refractivity contribution < 1.29 is 44.9 Å². The van der Waals surface area contributed by atoms with Crippen molar-refractivity contribution in [2.45, 2.75) is 37.3 Å². The molecule has 0 aromatic rings. The lowest BCUT2D eigenvalue weighted by atomic mass is 10.2. The van der Waals surface area contributed by atoms with Gasteiger partial charge in [-0.3, -0.25) is 4.74 Å². The number of ether oxygens (including phenoxy) is 3. The molecule has 108 valence electrons. The van der Waals surface area contributed by atoms with Crippen LogP contribution >= 0.6 is 0 Å². The van der Waals surface area contributed by atoms with Crippen LogP contribution in [0.1, 0.15) is 12.8 Å². The van der Waals surface area contributed by atoms with Gasteiger partial charge < -0.3 is 4.74 Å². The van der Waals surface area contributed by atoms with Gasteiger partial charge in [0.1, 0.15) is 6.10 Å². The molecule has 10 heteroatoms. The summed E-state index contributed by atoms with van der Waals surface area (Å²) in [6.45, 7) is -2.39. The van der Waals surface area contributed by atoms with Crippen LogP contribution in [0.25, 0.3) is 0 Å². The first kappa shape index (κ1) is 15.4. The van der Waals surface area contributed by atoms with E-state index in [4.69, 9.17) is 0 Å². The zero-order valence-electron chi connectivity index (χ0n) is 8.78. The summed E-state index contributed by atoms with van der Waals surface area (Å²) in [5, 5.41) is 0. The molecule has 18 heavy (non-hydrogen) atoms. The maximum atomic E-state index is 13.2. The Morgan fingerprint density at radius 1 is 1.11 bits per heavy atom. The minimum atomic E-state index is -5.97. The monoisotopic (exact) mass is 286 g/mol. The molecule has 1 fully saturated rings. The van der Waals surface area contributed by atoms with Gasteiger partial charge in [0.25, 0.3) is 0 Å². The molecule has 0 N–H and O–H groups in total. The highest BCUT2D eigenvalue weighted by Crippen LogP contribution is 2.42. The van der Waals surface area contributed by atoms with E-state index in [1.807, 2.05) is 0 Å². The fourth-order valence-corrected chi connectivity index (χ4v) is 1.32. The smallest absolute Gasteiger partial charge is 0.369 e. The second kappa shape index (κ2) is 5.17. The molecule has 0 saturated carbocycles. The van der Waals surface area contributed by atoms with Crippen LogP contribution in [0.2, 0.25) is 0 Å². The molecule has 2 unspecified atom stereocenters. The molecular formula is C8H9F7O3. The zero-order chi connectivity index (χ0) is 14.0. The standard InChI is InChI=1S/C8H9F7O3/c9-4-17-8(15,7(12,13)14)18-6(10,11)5-2-1-3-16-5/h5H,1-4H2. The highest BCUT2D eigenvalue weighted by molar-refractivity contribution is 4.78. The van der Waals surface area contributed by atoms with Crippen molar-refractivity contribution in [3.05, 3.63) is 0 Å². The molecule has 1 aliphatic rings. The summed E-state index contributed by atoms with van der Waals surface area (Å²) in [6, 6.07) is -5.22. The highest BCUT2D eigenvalue weighted by Gasteiger charge is 2.66. The van der Waals surface area contributed by atoms with Crippen LogP contribution in [-0.4, -0.2) is 37.9 Å². The van der Waals surface area contributed by atoms with Crippen LogP contribution in [0, 0.1) is 0 Å². The number of halogens is 7. The molecule has 0 bridgehead atoms. The van der Waals surface area contributed by atoms with Crippen LogP contribution < -0.4 is 0 Å². The molecular weight excluding hydrogens is 277 g/mol. The molecule has 0 aromatic carbocycles. The van der Waals surface area contributed by atoms with Gasteiger partial charge in [-0.2, -0.15) is 26.3 Å². The van der Waals surface area contributed by atoms with E-state index in [0.29, 0.717) is 0 Å².